The molecule has 2 N–H and O–H groups in total. The molecule has 0 spiro atoms. The Morgan fingerprint density at radius 2 is 2.40 bits per heavy atom. The SMILES string of the molecule is CNC(C)CNC(=O)c1ncncc1Cl. The van der Waals surface area contributed by atoms with Gasteiger partial charge in [0.2, 0.25) is 0 Å². The van der Waals surface area contributed by atoms with Crippen molar-refractivity contribution in [3.8, 4) is 0 Å². The first-order valence-electron chi connectivity index (χ1n) is 4.56. The molecule has 5 nitrogen and oxygen atoms in total. The van der Waals surface area contributed by atoms with E-state index >= 15 is 0 Å². The van der Waals surface area contributed by atoms with E-state index in [0.29, 0.717) is 6.54 Å². The number of hydrogen-bond donors (Lipinski definition) is 2. The van der Waals surface area contributed by atoms with Crippen molar-refractivity contribution in [3.63, 3.8) is 0 Å². The molecule has 0 aromatic carbocycles. The maximum absolute atomic E-state index is 11.6. The summed E-state index contributed by atoms with van der Waals surface area (Å²) >= 11 is 5.77. The molecule has 0 aliphatic carbocycles. The summed E-state index contributed by atoms with van der Waals surface area (Å²) in [6.45, 7) is 2.48. The summed E-state index contributed by atoms with van der Waals surface area (Å²) in [5, 5.41) is 5.98. The molecule has 0 aliphatic rings. The molecule has 6 heteroatoms. The highest BCUT2D eigenvalue weighted by Crippen LogP contribution is 2.09. The van der Waals surface area contributed by atoms with Crippen molar-refractivity contribution in [2.45, 2.75) is 13.0 Å². The second-order valence-corrected chi connectivity index (χ2v) is 3.53. The lowest BCUT2D eigenvalue weighted by Gasteiger charge is -2.11. The quantitative estimate of drug-likeness (QED) is 0.786. The van der Waals surface area contributed by atoms with Gasteiger partial charge in [0, 0.05) is 18.8 Å². The first-order valence-corrected chi connectivity index (χ1v) is 4.94. The molecule has 0 radical (unpaired) electrons. The van der Waals surface area contributed by atoms with Gasteiger partial charge in [0.15, 0.2) is 0 Å². The van der Waals surface area contributed by atoms with E-state index in [9.17, 15) is 4.79 Å². The number of carbonyl (C=O) groups is 1. The Hall–Kier alpha value is -1.20. The van der Waals surface area contributed by atoms with Crippen molar-refractivity contribution < 1.29 is 4.79 Å². The van der Waals surface area contributed by atoms with E-state index < -0.39 is 0 Å². The summed E-state index contributed by atoms with van der Waals surface area (Å²) in [6.07, 6.45) is 2.69. The molecule has 0 aliphatic heterocycles. The largest absolute Gasteiger partial charge is 0.349 e. The zero-order chi connectivity index (χ0) is 11.3. The zero-order valence-electron chi connectivity index (χ0n) is 8.62. The van der Waals surface area contributed by atoms with Gasteiger partial charge < -0.3 is 10.6 Å². The van der Waals surface area contributed by atoms with Gasteiger partial charge >= 0.3 is 0 Å². The summed E-state index contributed by atoms with van der Waals surface area (Å²) < 4.78 is 0. The van der Waals surface area contributed by atoms with Gasteiger partial charge in [0.25, 0.3) is 5.91 Å². The zero-order valence-corrected chi connectivity index (χ0v) is 9.38. The fraction of sp³-hybridized carbons (Fsp3) is 0.444. The van der Waals surface area contributed by atoms with Crippen LogP contribution < -0.4 is 10.6 Å². The lowest BCUT2D eigenvalue weighted by atomic mass is 10.3. The topological polar surface area (TPSA) is 66.9 Å². The van der Waals surface area contributed by atoms with E-state index in [1.54, 1.807) is 0 Å². The van der Waals surface area contributed by atoms with Crippen LogP contribution in [0.2, 0.25) is 5.02 Å². The van der Waals surface area contributed by atoms with Crippen molar-refractivity contribution >= 4 is 17.5 Å². The normalized spacial score (nSPS) is 12.2. The summed E-state index contributed by atoms with van der Waals surface area (Å²) in [4.78, 5) is 19.1. The lowest BCUT2D eigenvalue weighted by Crippen LogP contribution is -2.37. The minimum absolute atomic E-state index is 0.203. The van der Waals surface area contributed by atoms with Crippen molar-refractivity contribution in [2.24, 2.45) is 0 Å². The lowest BCUT2D eigenvalue weighted by molar-refractivity contribution is 0.0945. The highest BCUT2D eigenvalue weighted by molar-refractivity contribution is 6.33. The maximum atomic E-state index is 11.6. The van der Waals surface area contributed by atoms with Crippen LogP contribution in [0.1, 0.15) is 17.4 Å². The Morgan fingerprint density at radius 1 is 1.67 bits per heavy atom. The number of nitrogens with one attached hydrogen (secondary N) is 2. The second-order valence-electron chi connectivity index (χ2n) is 3.12. The molecule has 1 atom stereocenters. The number of halogens is 1. The van der Waals surface area contributed by atoms with E-state index in [4.69, 9.17) is 11.6 Å². The van der Waals surface area contributed by atoms with Crippen LogP contribution in [0.15, 0.2) is 12.5 Å². The van der Waals surface area contributed by atoms with Crippen LogP contribution >= 0.6 is 11.6 Å². The monoisotopic (exact) mass is 228 g/mol. The third kappa shape index (κ3) is 3.45. The third-order valence-corrected chi connectivity index (χ3v) is 2.22. The van der Waals surface area contributed by atoms with Crippen LogP contribution in [0.3, 0.4) is 0 Å². The van der Waals surface area contributed by atoms with Gasteiger partial charge in [-0.2, -0.15) is 0 Å². The molecule has 82 valence electrons. The van der Waals surface area contributed by atoms with Gasteiger partial charge in [-0.3, -0.25) is 4.79 Å². The fourth-order valence-electron chi connectivity index (χ4n) is 0.911. The highest BCUT2D eigenvalue weighted by Gasteiger charge is 2.11. The molecule has 0 saturated carbocycles. The summed E-state index contributed by atoms with van der Waals surface area (Å²) in [5.74, 6) is -0.287. The van der Waals surface area contributed by atoms with Gasteiger partial charge in [-0.1, -0.05) is 11.6 Å². The van der Waals surface area contributed by atoms with Crippen molar-refractivity contribution in [1.82, 2.24) is 20.6 Å². The first kappa shape index (κ1) is 11.9. The number of amides is 1. The van der Waals surface area contributed by atoms with Crippen LogP contribution in [-0.4, -0.2) is 35.5 Å². The van der Waals surface area contributed by atoms with Crippen LogP contribution in [0.25, 0.3) is 0 Å². The highest BCUT2D eigenvalue weighted by atomic mass is 35.5. The Balaban J connectivity index is 2.58. The fourth-order valence-corrected chi connectivity index (χ4v) is 1.10. The molecule has 0 saturated heterocycles. The van der Waals surface area contributed by atoms with Crippen LogP contribution in [0.4, 0.5) is 0 Å². The molecule has 1 unspecified atom stereocenters. The smallest absolute Gasteiger partial charge is 0.271 e. The molecular weight excluding hydrogens is 216 g/mol. The van der Waals surface area contributed by atoms with Gasteiger partial charge in [-0.25, -0.2) is 9.97 Å². The van der Waals surface area contributed by atoms with Gasteiger partial charge in [-0.05, 0) is 14.0 Å². The Kier molecular flexibility index (Phi) is 4.45. The van der Waals surface area contributed by atoms with E-state index in [2.05, 4.69) is 20.6 Å². The molecule has 0 fully saturated rings. The summed E-state index contributed by atoms with van der Waals surface area (Å²) in [5.41, 5.74) is 0.204. The minimum atomic E-state index is -0.287. The number of hydrogen-bond acceptors (Lipinski definition) is 4. The number of likely N-dealkylation sites (N-methyl/N-ethyl adjacent to an activating group) is 1. The predicted octanol–water partition coefficient (Wildman–Crippen LogP) is 0.468. The van der Waals surface area contributed by atoms with E-state index in [1.807, 2.05) is 14.0 Å². The molecule has 1 amide bonds. The molecular formula is C9H13ClN4O. The molecule has 1 rings (SSSR count). The van der Waals surface area contributed by atoms with E-state index in [-0.39, 0.29) is 22.7 Å². The van der Waals surface area contributed by atoms with Crippen molar-refractivity contribution in [3.05, 3.63) is 23.2 Å². The molecule has 15 heavy (non-hydrogen) atoms. The summed E-state index contributed by atoms with van der Waals surface area (Å²) in [6, 6.07) is 0.203. The second kappa shape index (κ2) is 5.63. The standard InChI is InChI=1S/C9H13ClN4O/c1-6(11-2)3-13-9(15)8-7(10)4-12-5-14-8/h4-6,11H,3H2,1-2H3,(H,13,15). The Morgan fingerprint density at radius 3 is 3.00 bits per heavy atom. The molecule has 0 bridgehead atoms. The number of nitrogens with zero attached hydrogens (tertiary/aromatic N) is 2. The number of aromatic nitrogens is 2. The molecule has 1 heterocycles. The average molecular weight is 229 g/mol. The summed E-state index contributed by atoms with van der Waals surface area (Å²) in [7, 11) is 1.83. The van der Waals surface area contributed by atoms with Crippen LogP contribution in [-0.2, 0) is 0 Å². The Labute approximate surface area is 93.3 Å². The van der Waals surface area contributed by atoms with E-state index in [0.717, 1.165) is 0 Å². The van der Waals surface area contributed by atoms with Crippen LogP contribution in [0.5, 0.6) is 0 Å². The average Bonchev–Trinajstić information content (AvgIpc) is 2.26. The Bertz CT molecular complexity index is 345. The molecule has 1 aromatic heterocycles. The minimum Gasteiger partial charge on any atom is -0.349 e. The van der Waals surface area contributed by atoms with Crippen LogP contribution in [0, 0.1) is 0 Å². The number of carbonyl (C=O) groups excluding carboxylic acids is 1. The van der Waals surface area contributed by atoms with Gasteiger partial charge in [0.1, 0.15) is 12.0 Å². The maximum Gasteiger partial charge on any atom is 0.271 e. The third-order valence-electron chi connectivity index (χ3n) is 1.94. The predicted molar refractivity (Wildman–Crippen MR) is 57.9 cm³/mol. The van der Waals surface area contributed by atoms with Crippen molar-refractivity contribution in [1.29, 1.82) is 0 Å². The first-order chi connectivity index (χ1) is 7.15. The number of rotatable bonds is 4. The van der Waals surface area contributed by atoms with Crippen molar-refractivity contribution in [2.75, 3.05) is 13.6 Å². The van der Waals surface area contributed by atoms with Gasteiger partial charge in [-0.15, -0.1) is 0 Å². The van der Waals surface area contributed by atoms with E-state index in [1.165, 1.54) is 12.5 Å². The van der Waals surface area contributed by atoms with Gasteiger partial charge in [0.05, 0.1) is 5.02 Å². The molecule has 1 aromatic rings.